The van der Waals surface area contributed by atoms with Gasteiger partial charge in [-0.25, -0.2) is 0 Å². The molecule has 0 aliphatic carbocycles. The van der Waals surface area contributed by atoms with Crippen LogP contribution in [0.3, 0.4) is 0 Å². The first-order valence-electron chi connectivity index (χ1n) is 4.92. The highest BCUT2D eigenvalue weighted by molar-refractivity contribution is 5.97. The van der Waals surface area contributed by atoms with Crippen LogP contribution in [0.4, 0.5) is 0 Å². The molecule has 1 amide bonds. The van der Waals surface area contributed by atoms with Gasteiger partial charge in [-0.05, 0) is 24.1 Å². The second-order valence-corrected chi connectivity index (χ2v) is 3.63. The van der Waals surface area contributed by atoms with Crippen LogP contribution in [0.15, 0.2) is 18.2 Å². The number of nitrogens with one attached hydrogen (secondary N) is 1. The van der Waals surface area contributed by atoms with Crippen molar-refractivity contribution in [3.05, 3.63) is 29.3 Å². The van der Waals surface area contributed by atoms with Crippen molar-refractivity contribution >= 4 is 5.91 Å². The fourth-order valence-electron chi connectivity index (χ4n) is 1.79. The summed E-state index contributed by atoms with van der Waals surface area (Å²) in [6.45, 7) is 0.469. The lowest BCUT2D eigenvalue weighted by atomic mass is 9.95. The number of fused-ring (bicyclic) bond motifs is 1. The molecule has 15 heavy (non-hydrogen) atoms. The first-order valence-corrected chi connectivity index (χ1v) is 4.92. The van der Waals surface area contributed by atoms with Crippen LogP contribution in [0.25, 0.3) is 0 Å². The smallest absolute Gasteiger partial charge is 0.251 e. The predicted molar refractivity (Wildman–Crippen MR) is 57.0 cm³/mol. The van der Waals surface area contributed by atoms with E-state index in [9.17, 15) is 4.79 Å². The molecule has 0 aromatic heterocycles. The van der Waals surface area contributed by atoms with E-state index in [0.717, 1.165) is 12.0 Å². The minimum Gasteiger partial charge on any atom is -0.497 e. The molecule has 0 fully saturated rings. The molecule has 0 radical (unpaired) electrons. The van der Waals surface area contributed by atoms with Crippen molar-refractivity contribution in [1.82, 2.24) is 5.32 Å². The van der Waals surface area contributed by atoms with Crippen molar-refractivity contribution in [3.8, 4) is 5.75 Å². The number of ether oxygens (including phenoxy) is 1. The molecule has 1 atom stereocenters. The highest BCUT2D eigenvalue weighted by Crippen LogP contribution is 2.21. The molecule has 1 unspecified atom stereocenters. The number of rotatable bonds is 2. The van der Waals surface area contributed by atoms with Gasteiger partial charge in [0.25, 0.3) is 5.91 Å². The molecule has 1 aliphatic heterocycles. The van der Waals surface area contributed by atoms with Crippen LogP contribution < -0.4 is 15.8 Å². The van der Waals surface area contributed by atoms with E-state index >= 15 is 0 Å². The standard InChI is InChI=1S/C11H14N2O2/c1-15-9-3-2-7-4-8(6-12)13-11(14)10(7)5-9/h2-3,5,8H,4,6,12H2,1H3,(H,13,14). The summed E-state index contributed by atoms with van der Waals surface area (Å²) in [5.41, 5.74) is 7.27. The molecule has 0 saturated carbocycles. The summed E-state index contributed by atoms with van der Waals surface area (Å²) in [7, 11) is 1.59. The summed E-state index contributed by atoms with van der Waals surface area (Å²) in [5.74, 6) is 0.640. The van der Waals surface area contributed by atoms with Crippen molar-refractivity contribution in [2.75, 3.05) is 13.7 Å². The Morgan fingerprint density at radius 3 is 3.07 bits per heavy atom. The van der Waals surface area contributed by atoms with E-state index in [-0.39, 0.29) is 11.9 Å². The number of carbonyl (C=O) groups excluding carboxylic acids is 1. The van der Waals surface area contributed by atoms with Crippen LogP contribution in [-0.2, 0) is 6.42 Å². The molecular formula is C11H14N2O2. The van der Waals surface area contributed by atoms with Gasteiger partial charge < -0.3 is 15.8 Å². The van der Waals surface area contributed by atoms with Crippen molar-refractivity contribution in [2.45, 2.75) is 12.5 Å². The lowest BCUT2D eigenvalue weighted by Crippen LogP contribution is -2.45. The average Bonchev–Trinajstić information content (AvgIpc) is 2.28. The average molecular weight is 206 g/mol. The van der Waals surface area contributed by atoms with Crippen LogP contribution in [0.5, 0.6) is 5.75 Å². The second-order valence-electron chi connectivity index (χ2n) is 3.63. The van der Waals surface area contributed by atoms with E-state index in [1.54, 1.807) is 13.2 Å². The largest absolute Gasteiger partial charge is 0.497 e. The number of benzene rings is 1. The number of hydrogen-bond donors (Lipinski definition) is 2. The normalized spacial score (nSPS) is 19.3. The third-order valence-corrected chi connectivity index (χ3v) is 2.65. The Bertz CT molecular complexity index is 390. The van der Waals surface area contributed by atoms with Gasteiger partial charge in [0.2, 0.25) is 0 Å². The van der Waals surface area contributed by atoms with Gasteiger partial charge in [-0.15, -0.1) is 0 Å². The van der Waals surface area contributed by atoms with Gasteiger partial charge in [0.05, 0.1) is 7.11 Å². The van der Waals surface area contributed by atoms with Crippen molar-refractivity contribution in [2.24, 2.45) is 5.73 Å². The molecule has 4 nitrogen and oxygen atoms in total. The quantitative estimate of drug-likeness (QED) is 0.732. The lowest BCUT2D eigenvalue weighted by Gasteiger charge is -2.24. The van der Waals surface area contributed by atoms with Crippen LogP contribution >= 0.6 is 0 Å². The van der Waals surface area contributed by atoms with Gasteiger partial charge in [-0.1, -0.05) is 6.07 Å². The monoisotopic (exact) mass is 206 g/mol. The Morgan fingerprint density at radius 1 is 1.60 bits per heavy atom. The maximum Gasteiger partial charge on any atom is 0.251 e. The first kappa shape index (κ1) is 9.98. The van der Waals surface area contributed by atoms with E-state index in [0.29, 0.717) is 17.9 Å². The van der Waals surface area contributed by atoms with Crippen LogP contribution in [0.2, 0.25) is 0 Å². The maximum absolute atomic E-state index is 11.7. The highest BCUT2D eigenvalue weighted by atomic mass is 16.5. The van der Waals surface area contributed by atoms with E-state index in [1.165, 1.54) is 0 Å². The zero-order valence-corrected chi connectivity index (χ0v) is 8.62. The van der Waals surface area contributed by atoms with Gasteiger partial charge in [-0.3, -0.25) is 4.79 Å². The number of hydrogen-bond acceptors (Lipinski definition) is 3. The summed E-state index contributed by atoms with van der Waals surface area (Å²) in [6, 6.07) is 5.61. The fourth-order valence-corrected chi connectivity index (χ4v) is 1.79. The minimum absolute atomic E-state index is 0.0541. The Labute approximate surface area is 88.4 Å². The molecule has 4 heteroatoms. The third kappa shape index (κ3) is 1.80. The zero-order valence-electron chi connectivity index (χ0n) is 8.62. The van der Waals surface area contributed by atoms with E-state index in [2.05, 4.69) is 5.32 Å². The predicted octanol–water partition coefficient (Wildman–Crippen LogP) is 0.308. The number of nitrogens with two attached hydrogens (primary N) is 1. The summed E-state index contributed by atoms with van der Waals surface area (Å²) >= 11 is 0. The summed E-state index contributed by atoms with van der Waals surface area (Å²) in [6.07, 6.45) is 0.793. The van der Waals surface area contributed by atoms with Crippen LogP contribution in [-0.4, -0.2) is 25.6 Å². The van der Waals surface area contributed by atoms with Gasteiger partial charge in [0.1, 0.15) is 5.75 Å². The van der Waals surface area contributed by atoms with Crippen LogP contribution in [0, 0.1) is 0 Å². The van der Waals surface area contributed by atoms with Gasteiger partial charge in [-0.2, -0.15) is 0 Å². The molecule has 1 aromatic rings. The molecule has 0 bridgehead atoms. The SMILES string of the molecule is COc1ccc2c(c1)C(=O)NC(CN)C2. The third-order valence-electron chi connectivity index (χ3n) is 2.65. The second kappa shape index (κ2) is 3.90. The van der Waals surface area contributed by atoms with Crippen LogP contribution in [0.1, 0.15) is 15.9 Å². The van der Waals surface area contributed by atoms with Gasteiger partial charge in [0, 0.05) is 18.2 Å². The fraction of sp³-hybridized carbons (Fsp3) is 0.364. The van der Waals surface area contributed by atoms with Gasteiger partial charge in [0.15, 0.2) is 0 Å². The lowest BCUT2D eigenvalue weighted by molar-refractivity contribution is 0.0926. The zero-order chi connectivity index (χ0) is 10.8. The molecule has 3 N–H and O–H groups in total. The molecule has 2 rings (SSSR count). The molecular weight excluding hydrogens is 192 g/mol. The first-order chi connectivity index (χ1) is 7.24. The van der Waals surface area contributed by atoms with Gasteiger partial charge >= 0.3 is 0 Å². The molecule has 1 heterocycles. The van der Waals surface area contributed by atoms with Crippen molar-refractivity contribution in [1.29, 1.82) is 0 Å². The Morgan fingerprint density at radius 2 is 2.40 bits per heavy atom. The Hall–Kier alpha value is -1.55. The molecule has 0 saturated heterocycles. The topological polar surface area (TPSA) is 64.3 Å². The van der Waals surface area contributed by atoms with E-state index in [4.69, 9.17) is 10.5 Å². The van der Waals surface area contributed by atoms with Crippen molar-refractivity contribution in [3.63, 3.8) is 0 Å². The summed E-state index contributed by atoms with van der Waals surface area (Å²) < 4.78 is 5.08. The van der Waals surface area contributed by atoms with E-state index in [1.807, 2.05) is 12.1 Å². The molecule has 80 valence electrons. The summed E-state index contributed by atoms with van der Waals surface area (Å²) in [5, 5.41) is 2.85. The summed E-state index contributed by atoms with van der Waals surface area (Å²) in [4.78, 5) is 11.7. The number of amides is 1. The highest BCUT2D eigenvalue weighted by Gasteiger charge is 2.23. The molecule has 1 aliphatic rings. The Balaban J connectivity index is 2.37. The number of carbonyl (C=O) groups is 1. The number of methoxy groups -OCH3 is 1. The molecule has 0 spiro atoms. The molecule has 1 aromatic carbocycles. The minimum atomic E-state index is -0.0643. The maximum atomic E-state index is 11.7. The van der Waals surface area contributed by atoms with E-state index < -0.39 is 0 Å². The Kier molecular flexibility index (Phi) is 2.60. The van der Waals surface area contributed by atoms with Crippen molar-refractivity contribution < 1.29 is 9.53 Å².